The van der Waals surface area contributed by atoms with Crippen LogP contribution in [-0.2, 0) is 4.79 Å². The third-order valence-corrected chi connectivity index (χ3v) is 2.16. The molecule has 0 saturated heterocycles. The zero-order valence-corrected chi connectivity index (χ0v) is 7.18. The Kier molecular flexibility index (Phi) is 3.34. The van der Waals surface area contributed by atoms with Crippen LogP contribution < -0.4 is 0 Å². The molecule has 1 rings (SSSR count). The quantitative estimate of drug-likeness (QED) is 0.556. The van der Waals surface area contributed by atoms with Gasteiger partial charge in [-0.1, -0.05) is 19.1 Å². The molecule has 0 radical (unpaired) electrons. The fourth-order valence-corrected chi connectivity index (χ4v) is 1.55. The van der Waals surface area contributed by atoms with Gasteiger partial charge >= 0.3 is 0 Å². The molecule has 0 aromatic carbocycles. The fraction of sp³-hybridized carbons (Fsp3) is 0.700. The Morgan fingerprint density at radius 3 is 3.09 bits per heavy atom. The van der Waals surface area contributed by atoms with E-state index in [-0.39, 0.29) is 0 Å². The first kappa shape index (κ1) is 8.51. The van der Waals surface area contributed by atoms with Crippen molar-refractivity contribution in [3.8, 4) is 0 Å². The summed E-state index contributed by atoms with van der Waals surface area (Å²) in [4.78, 5) is 11.0. The van der Waals surface area contributed by atoms with Crippen LogP contribution in [0.15, 0.2) is 12.2 Å². The predicted octanol–water partition coefficient (Wildman–Crippen LogP) is 2.71. The minimum Gasteiger partial charge on any atom is -0.300 e. The molecule has 1 unspecified atom stereocenters. The van der Waals surface area contributed by atoms with Crippen LogP contribution >= 0.6 is 0 Å². The van der Waals surface area contributed by atoms with Crippen LogP contribution in [0.1, 0.15) is 39.0 Å². The van der Waals surface area contributed by atoms with Crippen molar-refractivity contribution in [3.05, 3.63) is 12.2 Å². The summed E-state index contributed by atoms with van der Waals surface area (Å²) in [6, 6.07) is 0. The average Bonchev–Trinajstić information content (AvgIpc) is 2.01. The van der Waals surface area contributed by atoms with E-state index in [2.05, 4.69) is 19.1 Å². The largest absolute Gasteiger partial charge is 0.300 e. The highest BCUT2D eigenvalue weighted by atomic mass is 16.1. The van der Waals surface area contributed by atoms with E-state index >= 15 is 0 Å². The molecule has 0 aromatic rings. The maximum absolute atomic E-state index is 11.0. The molecule has 1 atom stereocenters. The molecular formula is C10H16O. The van der Waals surface area contributed by atoms with E-state index in [9.17, 15) is 4.79 Å². The van der Waals surface area contributed by atoms with Crippen molar-refractivity contribution in [1.82, 2.24) is 0 Å². The van der Waals surface area contributed by atoms with E-state index in [1.807, 2.05) is 0 Å². The van der Waals surface area contributed by atoms with Gasteiger partial charge in [0.25, 0.3) is 0 Å². The highest BCUT2D eigenvalue weighted by Crippen LogP contribution is 2.22. The molecule has 1 fully saturated rings. The molecule has 62 valence electrons. The maximum Gasteiger partial charge on any atom is 0.133 e. The molecule has 0 heterocycles. The Labute approximate surface area is 68.5 Å². The first-order valence-corrected chi connectivity index (χ1v) is 4.51. The van der Waals surface area contributed by atoms with Crippen molar-refractivity contribution < 1.29 is 4.79 Å². The Morgan fingerprint density at radius 1 is 1.64 bits per heavy atom. The number of carbonyl (C=O) groups is 1. The molecule has 0 N–H and O–H groups in total. The molecule has 0 bridgehead atoms. The van der Waals surface area contributed by atoms with Crippen LogP contribution in [0.3, 0.4) is 0 Å². The molecule has 1 nitrogen and oxygen atoms in total. The number of carbonyl (C=O) groups excluding carboxylic acids is 1. The SMILES string of the molecule is CC/C=C\C1CCCC(=O)C1. The smallest absolute Gasteiger partial charge is 0.133 e. The zero-order valence-electron chi connectivity index (χ0n) is 7.18. The van der Waals surface area contributed by atoms with Crippen LogP contribution in [-0.4, -0.2) is 5.78 Å². The highest BCUT2D eigenvalue weighted by molar-refractivity contribution is 5.79. The first-order valence-electron chi connectivity index (χ1n) is 4.51. The van der Waals surface area contributed by atoms with E-state index in [1.165, 1.54) is 6.42 Å². The lowest BCUT2D eigenvalue weighted by Crippen LogP contribution is -2.12. The molecule has 0 spiro atoms. The van der Waals surface area contributed by atoms with Crippen LogP contribution in [0.4, 0.5) is 0 Å². The number of allylic oxidation sites excluding steroid dienone is 2. The van der Waals surface area contributed by atoms with Gasteiger partial charge in [-0.15, -0.1) is 0 Å². The molecule has 1 aliphatic rings. The van der Waals surface area contributed by atoms with Crippen LogP contribution in [0, 0.1) is 5.92 Å². The van der Waals surface area contributed by atoms with E-state index in [4.69, 9.17) is 0 Å². The van der Waals surface area contributed by atoms with Gasteiger partial charge in [0.2, 0.25) is 0 Å². The summed E-state index contributed by atoms with van der Waals surface area (Å²) in [5, 5.41) is 0. The van der Waals surface area contributed by atoms with E-state index < -0.39 is 0 Å². The normalized spacial score (nSPS) is 26.3. The zero-order chi connectivity index (χ0) is 8.10. The van der Waals surface area contributed by atoms with Gasteiger partial charge in [0.1, 0.15) is 5.78 Å². The average molecular weight is 152 g/mol. The predicted molar refractivity (Wildman–Crippen MR) is 46.4 cm³/mol. The van der Waals surface area contributed by atoms with Crippen molar-refractivity contribution >= 4 is 5.78 Å². The lowest BCUT2D eigenvalue weighted by Gasteiger charge is -2.16. The summed E-state index contributed by atoms with van der Waals surface area (Å²) in [6.07, 6.45) is 9.37. The molecule has 0 aliphatic heterocycles. The van der Waals surface area contributed by atoms with Gasteiger partial charge in [-0.3, -0.25) is 4.79 Å². The van der Waals surface area contributed by atoms with Gasteiger partial charge in [0.05, 0.1) is 0 Å². The summed E-state index contributed by atoms with van der Waals surface area (Å²) in [5.74, 6) is 0.998. The molecule has 0 aromatic heterocycles. The van der Waals surface area contributed by atoms with E-state index in [0.29, 0.717) is 11.7 Å². The number of ketones is 1. The Bertz CT molecular complexity index is 158. The Morgan fingerprint density at radius 2 is 2.45 bits per heavy atom. The monoisotopic (exact) mass is 152 g/mol. The van der Waals surface area contributed by atoms with Gasteiger partial charge in [0, 0.05) is 12.8 Å². The van der Waals surface area contributed by atoms with Crippen LogP contribution in [0.2, 0.25) is 0 Å². The lowest BCUT2D eigenvalue weighted by atomic mass is 9.88. The topological polar surface area (TPSA) is 17.1 Å². The first-order chi connectivity index (χ1) is 5.33. The van der Waals surface area contributed by atoms with Gasteiger partial charge < -0.3 is 0 Å². The van der Waals surface area contributed by atoms with Crippen LogP contribution in [0.25, 0.3) is 0 Å². The molecule has 1 heteroatoms. The number of rotatable bonds is 2. The van der Waals surface area contributed by atoms with Crippen molar-refractivity contribution in [1.29, 1.82) is 0 Å². The van der Waals surface area contributed by atoms with Gasteiger partial charge in [0.15, 0.2) is 0 Å². The van der Waals surface area contributed by atoms with Crippen molar-refractivity contribution in [3.63, 3.8) is 0 Å². The molecular weight excluding hydrogens is 136 g/mol. The van der Waals surface area contributed by atoms with Crippen LogP contribution in [0.5, 0.6) is 0 Å². The highest BCUT2D eigenvalue weighted by Gasteiger charge is 2.16. The maximum atomic E-state index is 11.0. The number of hydrogen-bond donors (Lipinski definition) is 0. The van der Waals surface area contributed by atoms with Gasteiger partial charge in [-0.2, -0.15) is 0 Å². The second kappa shape index (κ2) is 4.32. The summed E-state index contributed by atoms with van der Waals surface area (Å²) in [7, 11) is 0. The summed E-state index contributed by atoms with van der Waals surface area (Å²) >= 11 is 0. The Balaban J connectivity index is 2.34. The number of Topliss-reactive ketones (excluding diaryl/α,β-unsaturated/α-hetero) is 1. The van der Waals surface area contributed by atoms with Crippen molar-refractivity contribution in [2.75, 3.05) is 0 Å². The molecule has 1 aliphatic carbocycles. The minimum absolute atomic E-state index is 0.446. The molecule has 0 amide bonds. The second-order valence-electron chi connectivity index (χ2n) is 3.23. The van der Waals surface area contributed by atoms with Crippen molar-refractivity contribution in [2.24, 2.45) is 5.92 Å². The van der Waals surface area contributed by atoms with Gasteiger partial charge in [-0.05, 0) is 25.2 Å². The van der Waals surface area contributed by atoms with Crippen molar-refractivity contribution in [2.45, 2.75) is 39.0 Å². The molecule has 11 heavy (non-hydrogen) atoms. The second-order valence-corrected chi connectivity index (χ2v) is 3.23. The molecule has 1 saturated carbocycles. The third-order valence-electron chi connectivity index (χ3n) is 2.16. The van der Waals surface area contributed by atoms with E-state index in [0.717, 1.165) is 25.7 Å². The Hall–Kier alpha value is -0.590. The lowest BCUT2D eigenvalue weighted by molar-refractivity contribution is -0.121. The van der Waals surface area contributed by atoms with E-state index in [1.54, 1.807) is 0 Å². The fourth-order valence-electron chi connectivity index (χ4n) is 1.55. The standard InChI is InChI=1S/C10H16O/c1-2-3-5-9-6-4-7-10(11)8-9/h3,5,9H,2,4,6-8H2,1H3/b5-3-. The number of hydrogen-bond acceptors (Lipinski definition) is 1. The third kappa shape index (κ3) is 2.87. The van der Waals surface area contributed by atoms with Gasteiger partial charge in [-0.25, -0.2) is 0 Å². The summed E-state index contributed by atoms with van der Waals surface area (Å²) in [6.45, 7) is 2.13. The summed E-state index contributed by atoms with van der Waals surface area (Å²) < 4.78 is 0. The summed E-state index contributed by atoms with van der Waals surface area (Å²) in [5.41, 5.74) is 0. The minimum atomic E-state index is 0.446.